The molecule has 1 fully saturated rings. The highest BCUT2D eigenvalue weighted by Gasteiger charge is 2.16. The smallest absolute Gasteiger partial charge is 0.107 e. The number of nitrogens with one attached hydrogen (secondary N) is 1. The molecule has 1 N–H and O–H groups in total. The average molecular weight is 282 g/mol. The molecule has 0 aliphatic heterocycles. The molecule has 1 aliphatic rings. The Labute approximate surface area is 120 Å². The van der Waals surface area contributed by atoms with Crippen LogP contribution in [0, 0.1) is 11.8 Å². The fourth-order valence-electron chi connectivity index (χ4n) is 2.17. The minimum Gasteiger partial charge on any atom is -0.375 e. The zero-order valence-electron chi connectivity index (χ0n) is 12.2. The molecular formula is C15H26N2OS. The Balaban J connectivity index is 1.57. The summed E-state index contributed by atoms with van der Waals surface area (Å²) in [5.41, 5.74) is 1.08. The van der Waals surface area contributed by atoms with Gasteiger partial charge in [0.25, 0.3) is 0 Å². The highest BCUT2D eigenvalue weighted by Crippen LogP contribution is 2.29. The third kappa shape index (κ3) is 5.59. The van der Waals surface area contributed by atoms with E-state index in [0.717, 1.165) is 31.3 Å². The fraction of sp³-hybridized carbons (Fsp3) is 0.800. The summed E-state index contributed by atoms with van der Waals surface area (Å²) < 4.78 is 5.71. The van der Waals surface area contributed by atoms with Gasteiger partial charge in [0.05, 0.1) is 12.3 Å². The van der Waals surface area contributed by atoms with Crippen LogP contribution in [0.4, 0.5) is 0 Å². The van der Waals surface area contributed by atoms with Crippen LogP contribution in [0.25, 0.3) is 0 Å². The van der Waals surface area contributed by atoms with Crippen LogP contribution in [0.5, 0.6) is 0 Å². The molecular weight excluding hydrogens is 256 g/mol. The van der Waals surface area contributed by atoms with Crippen molar-refractivity contribution in [2.24, 2.45) is 11.8 Å². The van der Waals surface area contributed by atoms with Crippen LogP contribution in [0.15, 0.2) is 5.38 Å². The van der Waals surface area contributed by atoms with Crippen LogP contribution in [0.1, 0.15) is 50.2 Å². The Morgan fingerprint density at radius 1 is 1.47 bits per heavy atom. The molecule has 1 heterocycles. The SMILES string of the molecule is CC(C)CNCc1nc(COCCC2CCC2)cs1. The zero-order valence-corrected chi connectivity index (χ0v) is 13.0. The van der Waals surface area contributed by atoms with Crippen molar-refractivity contribution in [3.8, 4) is 0 Å². The molecule has 2 rings (SSSR count). The van der Waals surface area contributed by atoms with E-state index in [2.05, 4.69) is 29.5 Å². The molecule has 1 aromatic rings. The summed E-state index contributed by atoms with van der Waals surface area (Å²) in [6.45, 7) is 7.93. The second kappa shape index (κ2) is 7.98. The van der Waals surface area contributed by atoms with Crippen molar-refractivity contribution in [2.45, 2.75) is 52.7 Å². The lowest BCUT2D eigenvalue weighted by Gasteiger charge is -2.24. The summed E-state index contributed by atoms with van der Waals surface area (Å²) in [6.07, 6.45) is 5.47. The molecule has 0 radical (unpaired) electrons. The van der Waals surface area contributed by atoms with Crippen molar-refractivity contribution < 1.29 is 4.74 Å². The summed E-state index contributed by atoms with van der Waals surface area (Å²) in [7, 11) is 0. The molecule has 0 amide bonds. The number of rotatable bonds is 9. The van der Waals surface area contributed by atoms with Crippen molar-refractivity contribution in [1.29, 1.82) is 0 Å². The van der Waals surface area contributed by atoms with Crippen LogP contribution in [0.3, 0.4) is 0 Å². The number of nitrogens with zero attached hydrogens (tertiary/aromatic N) is 1. The molecule has 1 aliphatic carbocycles. The molecule has 108 valence electrons. The van der Waals surface area contributed by atoms with E-state index in [0.29, 0.717) is 12.5 Å². The van der Waals surface area contributed by atoms with Crippen LogP contribution < -0.4 is 5.32 Å². The topological polar surface area (TPSA) is 34.2 Å². The van der Waals surface area contributed by atoms with Crippen LogP contribution in [0.2, 0.25) is 0 Å². The van der Waals surface area contributed by atoms with E-state index in [1.165, 1.54) is 30.7 Å². The first-order valence-electron chi connectivity index (χ1n) is 7.45. The molecule has 19 heavy (non-hydrogen) atoms. The van der Waals surface area contributed by atoms with Gasteiger partial charge >= 0.3 is 0 Å². The predicted molar refractivity (Wildman–Crippen MR) is 80.3 cm³/mol. The minimum absolute atomic E-state index is 0.674. The third-order valence-electron chi connectivity index (χ3n) is 3.57. The highest BCUT2D eigenvalue weighted by molar-refractivity contribution is 7.09. The lowest BCUT2D eigenvalue weighted by atomic mass is 9.83. The summed E-state index contributed by atoms with van der Waals surface area (Å²) in [4.78, 5) is 4.59. The van der Waals surface area contributed by atoms with E-state index in [4.69, 9.17) is 4.74 Å². The molecule has 3 nitrogen and oxygen atoms in total. The maximum Gasteiger partial charge on any atom is 0.107 e. The number of hydrogen-bond donors (Lipinski definition) is 1. The minimum atomic E-state index is 0.674. The van der Waals surface area contributed by atoms with Gasteiger partial charge in [0.2, 0.25) is 0 Å². The first-order chi connectivity index (χ1) is 9.24. The number of hydrogen-bond acceptors (Lipinski definition) is 4. The fourth-order valence-corrected chi connectivity index (χ4v) is 2.92. The Morgan fingerprint density at radius 2 is 2.32 bits per heavy atom. The molecule has 0 aromatic carbocycles. The van der Waals surface area contributed by atoms with Crippen molar-refractivity contribution in [2.75, 3.05) is 13.2 Å². The Bertz CT molecular complexity index is 361. The van der Waals surface area contributed by atoms with Crippen LogP contribution in [-0.4, -0.2) is 18.1 Å². The van der Waals surface area contributed by atoms with Gasteiger partial charge in [-0.3, -0.25) is 0 Å². The van der Waals surface area contributed by atoms with E-state index in [1.54, 1.807) is 11.3 Å². The summed E-state index contributed by atoms with van der Waals surface area (Å²) in [5, 5.41) is 6.70. The van der Waals surface area contributed by atoms with Crippen molar-refractivity contribution in [1.82, 2.24) is 10.3 Å². The van der Waals surface area contributed by atoms with E-state index in [1.807, 2.05) is 0 Å². The van der Waals surface area contributed by atoms with Gasteiger partial charge in [-0.25, -0.2) is 4.98 Å². The zero-order chi connectivity index (χ0) is 13.5. The van der Waals surface area contributed by atoms with Gasteiger partial charge in [-0.05, 0) is 24.8 Å². The molecule has 0 spiro atoms. The standard InChI is InChI=1S/C15H26N2OS/c1-12(2)8-16-9-15-17-14(11-19-15)10-18-7-6-13-4-3-5-13/h11-13,16H,3-10H2,1-2H3. The van der Waals surface area contributed by atoms with Gasteiger partial charge in [0.15, 0.2) is 0 Å². The third-order valence-corrected chi connectivity index (χ3v) is 4.47. The Morgan fingerprint density at radius 3 is 3.00 bits per heavy atom. The Hall–Kier alpha value is -0.450. The molecule has 0 atom stereocenters. The molecule has 1 saturated carbocycles. The maximum atomic E-state index is 5.71. The quantitative estimate of drug-likeness (QED) is 0.703. The summed E-state index contributed by atoms with van der Waals surface area (Å²) >= 11 is 1.73. The lowest BCUT2D eigenvalue weighted by molar-refractivity contribution is 0.0931. The largest absolute Gasteiger partial charge is 0.375 e. The van der Waals surface area contributed by atoms with Gasteiger partial charge in [0.1, 0.15) is 5.01 Å². The number of ether oxygens (including phenoxy) is 1. The van der Waals surface area contributed by atoms with Crippen LogP contribution >= 0.6 is 11.3 Å². The van der Waals surface area contributed by atoms with E-state index < -0.39 is 0 Å². The summed E-state index contributed by atoms with van der Waals surface area (Å²) in [5.74, 6) is 1.63. The van der Waals surface area contributed by atoms with Gasteiger partial charge < -0.3 is 10.1 Å². The maximum absolute atomic E-state index is 5.71. The van der Waals surface area contributed by atoms with E-state index in [9.17, 15) is 0 Å². The van der Waals surface area contributed by atoms with Gasteiger partial charge in [-0.1, -0.05) is 33.1 Å². The monoisotopic (exact) mass is 282 g/mol. The molecule has 1 aromatic heterocycles. The van der Waals surface area contributed by atoms with E-state index >= 15 is 0 Å². The number of thiazole rings is 1. The summed E-state index contributed by atoms with van der Waals surface area (Å²) in [6, 6.07) is 0. The van der Waals surface area contributed by atoms with Gasteiger partial charge in [0, 0.05) is 18.5 Å². The predicted octanol–water partition coefficient (Wildman–Crippen LogP) is 3.60. The molecule has 0 unspecified atom stereocenters. The second-order valence-corrected chi connectivity index (χ2v) is 6.84. The average Bonchev–Trinajstić information content (AvgIpc) is 2.74. The molecule has 0 saturated heterocycles. The molecule has 0 bridgehead atoms. The van der Waals surface area contributed by atoms with E-state index in [-0.39, 0.29) is 0 Å². The Kier molecular flexibility index (Phi) is 6.28. The highest BCUT2D eigenvalue weighted by atomic mass is 32.1. The van der Waals surface area contributed by atoms with Crippen molar-refractivity contribution in [3.63, 3.8) is 0 Å². The van der Waals surface area contributed by atoms with Crippen molar-refractivity contribution in [3.05, 3.63) is 16.1 Å². The number of aromatic nitrogens is 1. The van der Waals surface area contributed by atoms with Gasteiger partial charge in [-0.15, -0.1) is 11.3 Å². The normalized spacial score (nSPS) is 15.9. The second-order valence-electron chi connectivity index (χ2n) is 5.90. The van der Waals surface area contributed by atoms with Crippen LogP contribution in [-0.2, 0) is 17.9 Å². The first kappa shape index (κ1) is 14.9. The molecule has 4 heteroatoms. The lowest BCUT2D eigenvalue weighted by Crippen LogP contribution is -2.18. The van der Waals surface area contributed by atoms with Gasteiger partial charge in [-0.2, -0.15) is 0 Å². The first-order valence-corrected chi connectivity index (χ1v) is 8.33. The van der Waals surface area contributed by atoms with Crippen molar-refractivity contribution >= 4 is 11.3 Å².